The summed E-state index contributed by atoms with van der Waals surface area (Å²) in [7, 11) is 0. The molecule has 1 amide bonds. The fourth-order valence-electron chi connectivity index (χ4n) is 3.23. The second-order valence-corrected chi connectivity index (χ2v) is 7.21. The molecule has 0 aromatic heterocycles. The number of amides is 1. The number of aliphatic carboxylic acids is 1. The van der Waals surface area contributed by atoms with Crippen LogP contribution in [-0.4, -0.2) is 44.4 Å². The maximum absolute atomic E-state index is 11.9. The van der Waals surface area contributed by atoms with Gasteiger partial charge in [-0.2, -0.15) is 5.06 Å². The average molecular weight is 300 g/mol. The number of piperidine rings is 1. The summed E-state index contributed by atoms with van der Waals surface area (Å²) in [5, 5.41) is 23.2. The summed E-state index contributed by atoms with van der Waals surface area (Å²) in [6.45, 7) is 7.83. The van der Waals surface area contributed by atoms with Gasteiger partial charge >= 0.3 is 5.97 Å². The number of hydrogen-bond acceptors (Lipinski definition) is 4. The number of hydrogen-bond donors (Lipinski definition) is 3. The minimum Gasteiger partial charge on any atom is -0.481 e. The van der Waals surface area contributed by atoms with Crippen LogP contribution in [0.15, 0.2) is 0 Å². The standard InChI is InChI=1S/C15H28N2O4/c1-14(2)9-11(10-15(3,4)17(14)21)16-12(18)7-5-6-8-13(19)20/h11,21H,5-10H2,1-4H3,(H,16,18)(H,19,20). The Morgan fingerprint density at radius 1 is 1.10 bits per heavy atom. The first-order valence-electron chi connectivity index (χ1n) is 7.55. The van der Waals surface area contributed by atoms with Crippen molar-refractivity contribution in [2.45, 2.75) is 83.3 Å². The third kappa shape index (κ3) is 5.28. The molecule has 0 spiro atoms. The summed E-state index contributed by atoms with van der Waals surface area (Å²) >= 11 is 0. The van der Waals surface area contributed by atoms with Crippen LogP contribution in [0.25, 0.3) is 0 Å². The predicted octanol–water partition coefficient (Wildman–Crippen LogP) is 2.16. The normalized spacial score (nSPS) is 22.0. The molecule has 21 heavy (non-hydrogen) atoms. The zero-order valence-electron chi connectivity index (χ0n) is 13.5. The summed E-state index contributed by atoms with van der Waals surface area (Å²) in [6.07, 6.45) is 2.95. The molecule has 1 aliphatic heterocycles. The quantitative estimate of drug-likeness (QED) is 0.654. The van der Waals surface area contributed by atoms with E-state index >= 15 is 0 Å². The molecular weight excluding hydrogens is 272 g/mol. The summed E-state index contributed by atoms with van der Waals surface area (Å²) in [5.74, 6) is -0.863. The molecule has 3 N–H and O–H groups in total. The lowest BCUT2D eigenvalue weighted by molar-refractivity contribution is -0.246. The van der Waals surface area contributed by atoms with E-state index in [4.69, 9.17) is 5.11 Å². The highest BCUT2D eigenvalue weighted by Crippen LogP contribution is 2.36. The molecule has 0 aromatic rings. The number of carboxylic acids is 1. The Bertz CT molecular complexity index is 375. The van der Waals surface area contributed by atoms with E-state index in [1.165, 1.54) is 5.06 Å². The van der Waals surface area contributed by atoms with Crippen LogP contribution in [0.4, 0.5) is 0 Å². The van der Waals surface area contributed by atoms with Crippen LogP contribution in [0.3, 0.4) is 0 Å². The lowest BCUT2D eigenvalue weighted by Crippen LogP contribution is -2.62. The SMILES string of the molecule is CC1(C)CC(NC(=O)CCCCC(=O)O)CC(C)(C)N1O. The third-order valence-electron chi connectivity index (χ3n) is 4.05. The van der Waals surface area contributed by atoms with Crippen molar-refractivity contribution >= 4 is 11.9 Å². The molecule has 1 fully saturated rings. The largest absolute Gasteiger partial charge is 0.481 e. The molecule has 0 bridgehead atoms. The zero-order valence-corrected chi connectivity index (χ0v) is 13.5. The topological polar surface area (TPSA) is 89.9 Å². The molecule has 6 nitrogen and oxygen atoms in total. The first-order valence-corrected chi connectivity index (χ1v) is 7.55. The second kappa shape index (κ2) is 6.75. The van der Waals surface area contributed by atoms with Crippen molar-refractivity contribution in [2.24, 2.45) is 0 Å². The number of rotatable bonds is 6. The van der Waals surface area contributed by atoms with Crippen molar-refractivity contribution < 1.29 is 19.9 Å². The maximum Gasteiger partial charge on any atom is 0.303 e. The molecule has 0 radical (unpaired) electrons. The number of unbranched alkanes of at least 4 members (excludes halogenated alkanes) is 1. The summed E-state index contributed by atoms with van der Waals surface area (Å²) in [4.78, 5) is 22.3. The Kier molecular flexibility index (Phi) is 5.75. The Balaban J connectivity index is 2.44. The molecule has 0 saturated carbocycles. The molecule has 6 heteroatoms. The summed E-state index contributed by atoms with van der Waals surface area (Å²) in [5.41, 5.74) is -0.772. The van der Waals surface area contributed by atoms with Gasteiger partial charge in [0.15, 0.2) is 0 Å². The summed E-state index contributed by atoms with van der Waals surface area (Å²) < 4.78 is 0. The lowest BCUT2D eigenvalue weighted by Gasteiger charge is -2.51. The Labute approximate surface area is 126 Å². The molecular formula is C15H28N2O4. The van der Waals surface area contributed by atoms with Gasteiger partial charge in [0.2, 0.25) is 5.91 Å². The van der Waals surface area contributed by atoms with Gasteiger partial charge in [-0.25, -0.2) is 0 Å². The molecule has 1 saturated heterocycles. The van der Waals surface area contributed by atoms with E-state index in [-0.39, 0.29) is 29.4 Å². The Morgan fingerprint density at radius 3 is 2.05 bits per heavy atom. The van der Waals surface area contributed by atoms with Crippen LogP contribution in [0.2, 0.25) is 0 Å². The first kappa shape index (κ1) is 17.9. The second-order valence-electron chi connectivity index (χ2n) is 7.21. The van der Waals surface area contributed by atoms with E-state index in [1.807, 2.05) is 27.7 Å². The van der Waals surface area contributed by atoms with E-state index in [1.54, 1.807) is 0 Å². The van der Waals surface area contributed by atoms with Gasteiger partial charge in [-0.05, 0) is 53.4 Å². The fraction of sp³-hybridized carbons (Fsp3) is 0.867. The molecule has 0 aromatic carbocycles. The summed E-state index contributed by atoms with van der Waals surface area (Å²) in [6, 6.07) is 0.0328. The van der Waals surface area contributed by atoms with E-state index < -0.39 is 5.97 Å². The number of nitrogens with zero attached hydrogens (tertiary/aromatic N) is 1. The van der Waals surface area contributed by atoms with E-state index in [0.717, 1.165) is 0 Å². The number of hydroxylamine groups is 2. The lowest BCUT2D eigenvalue weighted by atomic mass is 9.79. The van der Waals surface area contributed by atoms with Gasteiger partial charge < -0.3 is 15.6 Å². The van der Waals surface area contributed by atoms with Gasteiger partial charge in [0.1, 0.15) is 0 Å². The molecule has 1 aliphatic rings. The predicted molar refractivity (Wildman–Crippen MR) is 79.1 cm³/mol. The molecule has 0 atom stereocenters. The smallest absolute Gasteiger partial charge is 0.303 e. The average Bonchev–Trinajstić information content (AvgIpc) is 2.30. The van der Waals surface area contributed by atoms with Gasteiger partial charge in [-0.1, -0.05) is 0 Å². The van der Waals surface area contributed by atoms with Crippen molar-refractivity contribution in [1.82, 2.24) is 10.4 Å². The maximum atomic E-state index is 11.9. The highest BCUT2D eigenvalue weighted by molar-refractivity contribution is 5.76. The van der Waals surface area contributed by atoms with E-state index in [2.05, 4.69) is 5.32 Å². The number of carboxylic acid groups (broad SMARTS) is 1. The van der Waals surface area contributed by atoms with Crippen molar-refractivity contribution in [3.8, 4) is 0 Å². The highest BCUT2D eigenvalue weighted by Gasteiger charge is 2.45. The van der Waals surface area contributed by atoms with Crippen LogP contribution in [-0.2, 0) is 9.59 Å². The van der Waals surface area contributed by atoms with Crippen molar-refractivity contribution in [2.75, 3.05) is 0 Å². The number of carbonyl (C=O) groups is 2. The molecule has 0 aliphatic carbocycles. The van der Waals surface area contributed by atoms with Gasteiger partial charge in [0.05, 0.1) is 0 Å². The Hall–Kier alpha value is -1.14. The number of nitrogens with one attached hydrogen (secondary N) is 1. The van der Waals surface area contributed by atoms with Gasteiger partial charge in [0.25, 0.3) is 0 Å². The zero-order chi connectivity index (χ0) is 16.3. The minimum atomic E-state index is -0.825. The van der Waals surface area contributed by atoms with Crippen molar-refractivity contribution in [3.05, 3.63) is 0 Å². The monoisotopic (exact) mass is 300 g/mol. The Morgan fingerprint density at radius 2 is 1.57 bits per heavy atom. The van der Waals surface area contributed by atoms with Crippen LogP contribution in [0, 0.1) is 0 Å². The van der Waals surface area contributed by atoms with Crippen LogP contribution in [0.5, 0.6) is 0 Å². The van der Waals surface area contributed by atoms with Gasteiger partial charge in [0, 0.05) is 30.0 Å². The van der Waals surface area contributed by atoms with E-state index in [9.17, 15) is 14.8 Å². The number of carbonyl (C=O) groups excluding carboxylic acids is 1. The van der Waals surface area contributed by atoms with Gasteiger partial charge in [-0.15, -0.1) is 0 Å². The highest BCUT2D eigenvalue weighted by atomic mass is 16.5. The van der Waals surface area contributed by atoms with Crippen molar-refractivity contribution in [3.63, 3.8) is 0 Å². The molecule has 0 unspecified atom stereocenters. The fourth-order valence-corrected chi connectivity index (χ4v) is 3.23. The van der Waals surface area contributed by atoms with Gasteiger partial charge in [-0.3, -0.25) is 9.59 Å². The third-order valence-corrected chi connectivity index (χ3v) is 4.05. The minimum absolute atomic E-state index is 0.0328. The van der Waals surface area contributed by atoms with Crippen LogP contribution in [0.1, 0.15) is 66.2 Å². The van der Waals surface area contributed by atoms with Crippen LogP contribution < -0.4 is 5.32 Å². The first-order chi connectivity index (χ1) is 9.54. The van der Waals surface area contributed by atoms with Crippen molar-refractivity contribution in [1.29, 1.82) is 0 Å². The molecule has 122 valence electrons. The molecule has 1 rings (SSSR count). The van der Waals surface area contributed by atoms with E-state index in [0.29, 0.717) is 32.1 Å². The molecule has 1 heterocycles. The van der Waals surface area contributed by atoms with Crippen LogP contribution >= 0.6 is 0 Å².